The van der Waals surface area contributed by atoms with Gasteiger partial charge in [-0.3, -0.25) is 0 Å². The Morgan fingerprint density at radius 3 is 1.35 bits per heavy atom. The van der Waals surface area contributed by atoms with Crippen LogP contribution in [0.5, 0.6) is 11.5 Å². The molecule has 2 bridgehead atoms. The van der Waals surface area contributed by atoms with E-state index in [2.05, 4.69) is 6.92 Å². The van der Waals surface area contributed by atoms with Gasteiger partial charge in [0.05, 0.1) is 13.2 Å². The van der Waals surface area contributed by atoms with Crippen LogP contribution in [0.25, 0.3) is 0 Å². The molecular weight excluding hydrogens is 460 g/mol. The first-order valence-electron chi connectivity index (χ1n) is 14.8. The number of fused-ring (bicyclic) bond motifs is 5. The quantitative estimate of drug-likeness (QED) is 0.369. The van der Waals surface area contributed by atoms with Crippen LogP contribution in [-0.2, 0) is 9.47 Å². The van der Waals surface area contributed by atoms with Gasteiger partial charge in [-0.05, 0) is 86.0 Å². The molecule has 206 valence electrons. The SMILES string of the molecule is CC.CC.CC1CC2C3CCC(C3)C2C1.c1ccc(OCC2CO2)cc1.c1ccc(OCC2CO2)cc1. The summed E-state index contributed by atoms with van der Waals surface area (Å²) in [7, 11) is 0. The van der Waals surface area contributed by atoms with Crippen molar-refractivity contribution in [3.05, 3.63) is 60.7 Å². The van der Waals surface area contributed by atoms with Gasteiger partial charge in [-0.1, -0.05) is 71.0 Å². The third kappa shape index (κ3) is 9.98. The molecule has 6 atom stereocenters. The molecule has 0 spiro atoms. The third-order valence-electron chi connectivity index (χ3n) is 7.79. The Labute approximate surface area is 226 Å². The molecule has 5 aliphatic rings. The zero-order valence-electron chi connectivity index (χ0n) is 23.8. The van der Waals surface area contributed by atoms with Gasteiger partial charge >= 0.3 is 0 Å². The molecule has 0 amide bonds. The smallest absolute Gasteiger partial charge is 0.119 e. The van der Waals surface area contributed by atoms with Crippen LogP contribution < -0.4 is 9.47 Å². The minimum absolute atomic E-state index is 0.343. The highest BCUT2D eigenvalue weighted by Crippen LogP contribution is 2.59. The van der Waals surface area contributed by atoms with Crippen LogP contribution in [0.4, 0.5) is 0 Å². The van der Waals surface area contributed by atoms with E-state index in [0.29, 0.717) is 25.4 Å². The molecule has 0 radical (unpaired) electrons. The summed E-state index contributed by atoms with van der Waals surface area (Å²) in [4.78, 5) is 0. The lowest BCUT2D eigenvalue weighted by atomic mass is 9.82. The number of hydrogen-bond donors (Lipinski definition) is 0. The van der Waals surface area contributed by atoms with E-state index in [0.717, 1.165) is 30.6 Å². The Hall–Kier alpha value is -2.04. The monoisotopic (exact) mass is 510 g/mol. The number of para-hydroxylation sites is 2. The summed E-state index contributed by atoms with van der Waals surface area (Å²) < 4.78 is 20.8. The second-order valence-corrected chi connectivity index (χ2v) is 10.4. The molecule has 2 aromatic carbocycles. The molecule has 37 heavy (non-hydrogen) atoms. The Morgan fingerprint density at radius 2 is 1.00 bits per heavy atom. The first-order chi connectivity index (χ1) is 18.2. The molecule has 0 aromatic heterocycles. The lowest BCUT2D eigenvalue weighted by Gasteiger charge is -2.23. The second kappa shape index (κ2) is 16.0. The Morgan fingerprint density at radius 1 is 0.622 bits per heavy atom. The Bertz CT molecular complexity index is 764. The van der Waals surface area contributed by atoms with Gasteiger partial charge in [-0.2, -0.15) is 0 Å². The Balaban J connectivity index is 0.000000144. The van der Waals surface area contributed by atoms with Gasteiger partial charge in [0, 0.05) is 0 Å². The first kappa shape index (κ1) is 29.5. The largest absolute Gasteiger partial charge is 0.491 e. The van der Waals surface area contributed by atoms with E-state index in [-0.39, 0.29) is 0 Å². The molecule has 2 heterocycles. The molecule has 2 aromatic rings. The maximum atomic E-state index is 5.40. The first-order valence-corrected chi connectivity index (χ1v) is 14.8. The topological polar surface area (TPSA) is 43.5 Å². The summed E-state index contributed by atoms with van der Waals surface area (Å²) >= 11 is 0. The van der Waals surface area contributed by atoms with Gasteiger partial charge in [0.1, 0.15) is 36.9 Å². The molecule has 3 aliphatic carbocycles. The van der Waals surface area contributed by atoms with Crippen LogP contribution in [0, 0.1) is 29.6 Å². The van der Waals surface area contributed by atoms with Gasteiger partial charge in [0.2, 0.25) is 0 Å². The Kier molecular flexibility index (Phi) is 12.8. The molecule has 7 rings (SSSR count). The highest BCUT2D eigenvalue weighted by molar-refractivity contribution is 5.21. The zero-order valence-corrected chi connectivity index (χ0v) is 23.8. The van der Waals surface area contributed by atoms with Crippen molar-refractivity contribution in [3.63, 3.8) is 0 Å². The lowest BCUT2D eigenvalue weighted by Crippen LogP contribution is -2.15. The summed E-state index contributed by atoms with van der Waals surface area (Å²) in [6.07, 6.45) is 8.61. The second-order valence-electron chi connectivity index (χ2n) is 10.4. The average Bonchev–Trinajstić information content (AvgIpc) is 3.86. The van der Waals surface area contributed by atoms with E-state index in [4.69, 9.17) is 18.9 Å². The summed E-state index contributed by atoms with van der Waals surface area (Å²) in [5.41, 5.74) is 0. The van der Waals surface area contributed by atoms with E-state index >= 15 is 0 Å². The van der Waals surface area contributed by atoms with Crippen LogP contribution in [0.1, 0.15) is 66.7 Å². The van der Waals surface area contributed by atoms with Crippen molar-refractivity contribution in [2.45, 2.75) is 78.9 Å². The molecule has 2 saturated heterocycles. The van der Waals surface area contributed by atoms with Crippen molar-refractivity contribution in [2.24, 2.45) is 29.6 Å². The van der Waals surface area contributed by atoms with Crippen molar-refractivity contribution < 1.29 is 18.9 Å². The van der Waals surface area contributed by atoms with E-state index in [9.17, 15) is 0 Å². The third-order valence-corrected chi connectivity index (χ3v) is 7.79. The molecular formula is C33H50O4. The maximum Gasteiger partial charge on any atom is 0.119 e. The van der Waals surface area contributed by atoms with Crippen LogP contribution in [0.2, 0.25) is 0 Å². The predicted octanol–water partition coefficient (Wildman–Crippen LogP) is 8.06. The van der Waals surface area contributed by atoms with Crippen LogP contribution in [0.3, 0.4) is 0 Å². The van der Waals surface area contributed by atoms with Gasteiger partial charge in [0.15, 0.2) is 0 Å². The lowest BCUT2D eigenvalue weighted by molar-refractivity contribution is 0.259. The molecule has 3 saturated carbocycles. The minimum atomic E-state index is 0.343. The summed E-state index contributed by atoms with van der Waals surface area (Å²) in [6, 6.07) is 19.6. The average molecular weight is 511 g/mol. The van der Waals surface area contributed by atoms with E-state index in [1.165, 1.54) is 23.7 Å². The van der Waals surface area contributed by atoms with Crippen molar-refractivity contribution >= 4 is 0 Å². The molecule has 4 heteroatoms. The van der Waals surface area contributed by atoms with Gasteiger partial charge < -0.3 is 18.9 Å². The van der Waals surface area contributed by atoms with E-state index < -0.39 is 0 Å². The highest BCUT2D eigenvalue weighted by Gasteiger charge is 2.50. The molecule has 2 aliphatic heterocycles. The summed E-state index contributed by atoms with van der Waals surface area (Å²) in [6.45, 7) is 13.5. The van der Waals surface area contributed by atoms with E-state index in [1.807, 2.05) is 88.4 Å². The fraction of sp³-hybridized carbons (Fsp3) is 0.636. The van der Waals surface area contributed by atoms with Gasteiger partial charge in [-0.25, -0.2) is 0 Å². The number of rotatable bonds is 6. The zero-order chi connectivity index (χ0) is 26.5. The summed E-state index contributed by atoms with van der Waals surface area (Å²) in [5, 5.41) is 0. The fourth-order valence-electron chi connectivity index (χ4n) is 6.03. The van der Waals surface area contributed by atoms with Crippen molar-refractivity contribution in [2.75, 3.05) is 26.4 Å². The minimum Gasteiger partial charge on any atom is -0.491 e. The standard InChI is InChI=1S/C11H18.2C9H10O2.2C2H6/c1-7-4-10-8-2-3-9(6-8)11(10)5-7;2*1-2-4-8(5-3-1)10-6-9-7-11-9;2*1-2/h7-11H,2-6H2,1H3;2*1-5,9H,6-7H2;2*1-2H3. The predicted molar refractivity (Wildman–Crippen MR) is 152 cm³/mol. The normalized spacial score (nSPS) is 30.9. The van der Waals surface area contributed by atoms with Crippen LogP contribution in [-0.4, -0.2) is 38.6 Å². The maximum absolute atomic E-state index is 5.40. The highest BCUT2D eigenvalue weighted by atomic mass is 16.6. The summed E-state index contributed by atoms with van der Waals surface area (Å²) in [5.74, 6) is 7.62. The number of ether oxygens (including phenoxy) is 4. The fourth-order valence-corrected chi connectivity index (χ4v) is 6.03. The van der Waals surface area contributed by atoms with Gasteiger partial charge in [-0.15, -0.1) is 0 Å². The van der Waals surface area contributed by atoms with Crippen molar-refractivity contribution in [1.29, 1.82) is 0 Å². The molecule has 6 unspecified atom stereocenters. The molecule has 0 N–H and O–H groups in total. The molecule has 5 fully saturated rings. The number of hydrogen-bond acceptors (Lipinski definition) is 4. The van der Waals surface area contributed by atoms with E-state index in [1.54, 1.807) is 32.1 Å². The van der Waals surface area contributed by atoms with Gasteiger partial charge in [0.25, 0.3) is 0 Å². The molecule has 4 nitrogen and oxygen atoms in total. The van der Waals surface area contributed by atoms with Crippen LogP contribution in [0.15, 0.2) is 60.7 Å². The number of benzene rings is 2. The number of epoxide rings is 2. The van der Waals surface area contributed by atoms with Crippen LogP contribution >= 0.6 is 0 Å². The van der Waals surface area contributed by atoms with Crippen molar-refractivity contribution in [3.8, 4) is 11.5 Å². The van der Waals surface area contributed by atoms with Crippen molar-refractivity contribution in [1.82, 2.24) is 0 Å².